The van der Waals surface area contributed by atoms with Crippen LogP contribution in [0, 0.1) is 5.82 Å². The largest absolute Gasteiger partial charge is 0.326 e. The molecule has 1 fully saturated rings. The van der Waals surface area contributed by atoms with Crippen molar-refractivity contribution in [2.24, 2.45) is 0 Å². The molecule has 22 heavy (non-hydrogen) atoms. The molecule has 1 aromatic carbocycles. The zero-order chi connectivity index (χ0) is 16.5. The molecular weight excluding hydrogens is 335 g/mol. The van der Waals surface area contributed by atoms with Gasteiger partial charge >= 0.3 is 6.03 Å². The van der Waals surface area contributed by atoms with Crippen LogP contribution in [0.4, 0.5) is 9.18 Å². The Morgan fingerprint density at radius 2 is 2.05 bits per heavy atom. The Morgan fingerprint density at radius 1 is 1.36 bits per heavy atom. The lowest BCUT2D eigenvalue weighted by Gasteiger charge is -2.14. The zero-order valence-corrected chi connectivity index (χ0v) is 13.2. The highest BCUT2D eigenvalue weighted by molar-refractivity contribution is 7.90. The number of rotatable bonds is 5. The predicted molar refractivity (Wildman–Crippen MR) is 78.6 cm³/mol. The van der Waals surface area contributed by atoms with Crippen molar-refractivity contribution in [3.05, 3.63) is 34.6 Å². The number of nitrogens with zero attached hydrogens (tertiary/aromatic N) is 1. The molecule has 0 bridgehead atoms. The third kappa shape index (κ3) is 3.75. The third-order valence-corrected chi connectivity index (χ3v) is 4.59. The van der Waals surface area contributed by atoms with Gasteiger partial charge in [-0.3, -0.25) is 9.69 Å². The molecule has 6 nitrogen and oxygen atoms in total. The van der Waals surface area contributed by atoms with Gasteiger partial charge in [-0.2, -0.15) is 0 Å². The molecule has 1 saturated heterocycles. The van der Waals surface area contributed by atoms with Crippen LogP contribution in [-0.4, -0.2) is 43.3 Å². The number of hydrogen-bond acceptors (Lipinski definition) is 4. The lowest BCUT2D eigenvalue weighted by Crippen LogP contribution is -2.32. The molecule has 1 aliphatic heterocycles. The minimum Gasteiger partial charge on any atom is -0.326 e. The van der Waals surface area contributed by atoms with E-state index in [4.69, 9.17) is 11.6 Å². The van der Waals surface area contributed by atoms with Gasteiger partial charge in [0.2, 0.25) is 0 Å². The molecule has 2 rings (SSSR count). The fourth-order valence-corrected chi connectivity index (χ4v) is 2.98. The summed E-state index contributed by atoms with van der Waals surface area (Å²) in [7, 11) is -3.25. The molecule has 0 saturated carbocycles. The minimum atomic E-state index is -3.25. The van der Waals surface area contributed by atoms with Crippen LogP contribution in [0.1, 0.15) is 12.0 Å². The first kappa shape index (κ1) is 16.7. The highest BCUT2D eigenvalue weighted by atomic mass is 35.5. The predicted octanol–water partition coefficient (Wildman–Crippen LogP) is 1.33. The van der Waals surface area contributed by atoms with E-state index in [1.54, 1.807) is 0 Å². The fraction of sp³-hybridized carbons (Fsp3) is 0.385. The summed E-state index contributed by atoms with van der Waals surface area (Å²) in [6.45, 7) is -0.300. The maximum Gasteiger partial charge on any atom is 0.325 e. The Labute approximate surface area is 132 Å². The van der Waals surface area contributed by atoms with Crippen molar-refractivity contribution < 1.29 is 22.4 Å². The average Bonchev–Trinajstić information content (AvgIpc) is 2.67. The van der Waals surface area contributed by atoms with Crippen LogP contribution >= 0.6 is 11.6 Å². The number of amides is 3. The van der Waals surface area contributed by atoms with Crippen molar-refractivity contribution in [3.8, 4) is 0 Å². The van der Waals surface area contributed by atoms with Gasteiger partial charge in [0.25, 0.3) is 5.91 Å². The molecule has 0 aromatic heterocycles. The van der Waals surface area contributed by atoms with Crippen LogP contribution in [0.5, 0.6) is 0 Å². The smallest absolute Gasteiger partial charge is 0.325 e. The van der Waals surface area contributed by atoms with Gasteiger partial charge in [0.1, 0.15) is 21.7 Å². The number of imide groups is 1. The Kier molecular flexibility index (Phi) is 4.72. The fourth-order valence-electron chi connectivity index (χ4n) is 2.10. The van der Waals surface area contributed by atoms with E-state index in [1.807, 2.05) is 0 Å². The lowest BCUT2D eigenvalue weighted by atomic mass is 10.2. The number of carbonyl (C=O) groups excluding carboxylic acids is 2. The van der Waals surface area contributed by atoms with E-state index in [0.717, 1.165) is 11.2 Å². The first-order valence-electron chi connectivity index (χ1n) is 6.41. The summed E-state index contributed by atoms with van der Waals surface area (Å²) >= 11 is 5.87. The van der Waals surface area contributed by atoms with Crippen molar-refractivity contribution in [3.63, 3.8) is 0 Å². The molecule has 1 atom stereocenters. The summed E-state index contributed by atoms with van der Waals surface area (Å²) in [6.07, 6.45) is 1.02. The highest BCUT2D eigenvalue weighted by Crippen LogP contribution is 2.23. The van der Waals surface area contributed by atoms with Crippen LogP contribution in [0.25, 0.3) is 0 Å². The molecule has 0 radical (unpaired) electrons. The van der Waals surface area contributed by atoms with E-state index < -0.39 is 33.6 Å². The summed E-state index contributed by atoms with van der Waals surface area (Å²) < 4.78 is 36.0. The van der Waals surface area contributed by atoms with Crippen LogP contribution < -0.4 is 5.32 Å². The Hall–Kier alpha value is -1.67. The topological polar surface area (TPSA) is 83.6 Å². The van der Waals surface area contributed by atoms with E-state index in [-0.39, 0.29) is 29.3 Å². The van der Waals surface area contributed by atoms with Gasteiger partial charge in [0, 0.05) is 16.8 Å². The molecule has 9 heteroatoms. The normalized spacial score (nSPS) is 18.7. The van der Waals surface area contributed by atoms with Gasteiger partial charge in [-0.05, 0) is 18.6 Å². The molecule has 1 heterocycles. The Morgan fingerprint density at radius 3 is 2.64 bits per heavy atom. The third-order valence-electron chi connectivity index (χ3n) is 3.26. The van der Waals surface area contributed by atoms with E-state index in [9.17, 15) is 22.4 Å². The standard InChI is InChI=1S/C13H14ClFN2O4S/c1-22(20,21)6-5-11-12(18)17(13(19)16-11)7-8-9(14)3-2-4-10(8)15/h2-4,11H,5-7H2,1H3,(H,16,19)/t11-/m1/s1. The quantitative estimate of drug-likeness (QED) is 0.814. The SMILES string of the molecule is CS(=O)(=O)CC[C@H]1NC(=O)N(Cc2c(F)cccc2Cl)C1=O. The summed E-state index contributed by atoms with van der Waals surface area (Å²) in [4.78, 5) is 24.8. The first-order valence-corrected chi connectivity index (χ1v) is 8.85. The molecule has 120 valence electrons. The van der Waals surface area contributed by atoms with Crippen molar-refractivity contribution >= 4 is 33.4 Å². The first-order chi connectivity index (χ1) is 10.2. The van der Waals surface area contributed by atoms with Crippen LogP contribution in [0.3, 0.4) is 0 Å². The number of carbonyl (C=O) groups is 2. The molecule has 1 aromatic rings. The summed E-state index contributed by atoms with van der Waals surface area (Å²) in [6, 6.07) is 2.44. The molecule has 1 aliphatic rings. The molecule has 0 aliphatic carbocycles. The maximum absolute atomic E-state index is 13.7. The van der Waals surface area contributed by atoms with E-state index in [1.165, 1.54) is 18.2 Å². The van der Waals surface area contributed by atoms with E-state index >= 15 is 0 Å². The van der Waals surface area contributed by atoms with Gasteiger partial charge in [0.05, 0.1) is 12.3 Å². The second-order valence-electron chi connectivity index (χ2n) is 5.05. The lowest BCUT2D eigenvalue weighted by molar-refractivity contribution is -0.127. The second kappa shape index (κ2) is 6.21. The highest BCUT2D eigenvalue weighted by Gasteiger charge is 2.38. The summed E-state index contributed by atoms with van der Waals surface area (Å²) in [5.41, 5.74) is 0.0384. The van der Waals surface area contributed by atoms with Crippen LogP contribution in [0.15, 0.2) is 18.2 Å². The van der Waals surface area contributed by atoms with E-state index in [0.29, 0.717) is 0 Å². The molecule has 3 amide bonds. The van der Waals surface area contributed by atoms with Gasteiger partial charge in [-0.1, -0.05) is 17.7 Å². The van der Waals surface area contributed by atoms with Gasteiger partial charge < -0.3 is 5.32 Å². The summed E-state index contributed by atoms with van der Waals surface area (Å²) in [5, 5.41) is 2.50. The van der Waals surface area contributed by atoms with Gasteiger partial charge in [0.15, 0.2) is 0 Å². The Bertz CT molecular complexity index is 703. The second-order valence-corrected chi connectivity index (χ2v) is 7.71. The number of benzene rings is 1. The van der Waals surface area contributed by atoms with Crippen LogP contribution in [0.2, 0.25) is 5.02 Å². The maximum atomic E-state index is 13.7. The Balaban J connectivity index is 2.13. The van der Waals surface area contributed by atoms with Crippen LogP contribution in [-0.2, 0) is 21.2 Å². The molecule has 1 N–H and O–H groups in total. The van der Waals surface area contributed by atoms with Crippen molar-refractivity contribution in [1.82, 2.24) is 10.2 Å². The van der Waals surface area contributed by atoms with Crippen molar-refractivity contribution in [1.29, 1.82) is 0 Å². The van der Waals surface area contributed by atoms with Crippen molar-refractivity contribution in [2.75, 3.05) is 12.0 Å². The summed E-state index contributed by atoms with van der Waals surface area (Å²) in [5.74, 6) is -1.43. The van der Waals surface area contributed by atoms with Gasteiger partial charge in [-0.25, -0.2) is 17.6 Å². The number of hydrogen-bond donors (Lipinski definition) is 1. The number of urea groups is 1. The number of nitrogens with one attached hydrogen (secondary N) is 1. The van der Waals surface area contributed by atoms with Crippen molar-refractivity contribution in [2.45, 2.75) is 19.0 Å². The molecular formula is C13H14ClFN2O4S. The number of halogens is 2. The number of sulfone groups is 1. The zero-order valence-electron chi connectivity index (χ0n) is 11.7. The average molecular weight is 349 g/mol. The van der Waals surface area contributed by atoms with Gasteiger partial charge in [-0.15, -0.1) is 0 Å². The van der Waals surface area contributed by atoms with E-state index in [2.05, 4.69) is 5.32 Å². The monoisotopic (exact) mass is 348 g/mol. The minimum absolute atomic E-state index is 0.0229. The molecule has 0 unspecified atom stereocenters. The molecule has 0 spiro atoms.